The first-order valence-electron chi connectivity index (χ1n) is 6.28. The van der Waals surface area contributed by atoms with E-state index in [0.717, 1.165) is 31.6 Å². The summed E-state index contributed by atoms with van der Waals surface area (Å²) in [7, 11) is 0. The van der Waals surface area contributed by atoms with E-state index in [1.807, 2.05) is 11.0 Å². The Balaban J connectivity index is 1.73. The monoisotopic (exact) mass is 274 g/mol. The number of thiazole rings is 1. The molecule has 0 spiro atoms. The van der Waals surface area contributed by atoms with Gasteiger partial charge in [-0.2, -0.15) is 0 Å². The maximum atomic E-state index is 12.3. The van der Waals surface area contributed by atoms with Crippen LogP contribution in [0.2, 0.25) is 0 Å². The van der Waals surface area contributed by atoms with Gasteiger partial charge in [0.15, 0.2) is 0 Å². The number of rotatable bonds is 2. The molecule has 1 aliphatic rings. The van der Waals surface area contributed by atoms with Crippen LogP contribution in [0.5, 0.6) is 0 Å². The van der Waals surface area contributed by atoms with E-state index < -0.39 is 0 Å². The van der Waals surface area contributed by atoms with E-state index >= 15 is 0 Å². The maximum Gasteiger partial charge on any atom is 0.265 e. The molecular weight excluding hydrogens is 260 g/mol. The fourth-order valence-corrected chi connectivity index (χ4v) is 3.01. The van der Waals surface area contributed by atoms with Gasteiger partial charge in [-0.05, 0) is 18.9 Å². The summed E-state index contributed by atoms with van der Waals surface area (Å²) in [5.41, 5.74) is 2.72. The Morgan fingerprint density at radius 1 is 1.42 bits per heavy atom. The highest BCUT2D eigenvalue weighted by Gasteiger charge is 2.26. The zero-order valence-electron chi connectivity index (χ0n) is 10.4. The van der Waals surface area contributed by atoms with Gasteiger partial charge in [0.2, 0.25) is 0 Å². The van der Waals surface area contributed by atoms with E-state index in [-0.39, 0.29) is 5.91 Å². The number of hydrogen-bond donors (Lipinski definition) is 0. The van der Waals surface area contributed by atoms with E-state index in [2.05, 4.69) is 15.0 Å². The van der Waals surface area contributed by atoms with Crippen molar-refractivity contribution in [3.05, 3.63) is 40.9 Å². The minimum atomic E-state index is 0.0845. The molecule has 0 aromatic carbocycles. The van der Waals surface area contributed by atoms with Crippen molar-refractivity contribution in [3.8, 4) is 0 Å². The molecule has 3 heterocycles. The lowest BCUT2D eigenvalue weighted by molar-refractivity contribution is 0.0710. The Labute approximate surface area is 115 Å². The molecule has 0 unspecified atom stereocenters. The van der Waals surface area contributed by atoms with Crippen molar-refractivity contribution in [3.63, 3.8) is 0 Å². The predicted molar refractivity (Wildman–Crippen MR) is 72.0 cm³/mol. The van der Waals surface area contributed by atoms with Crippen molar-refractivity contribution in [1.82, 2.24) is 19.9 Å². The molecule has 5 nitrogen and oxygen atoms in total. The molecule has 2 aromatic heterocycles. The molecule has 3 rings (SSSR count). The summed E-state index contributed by atoms with van der Waals surface area (Å²) in [5.74, 6) is 0.398. The largest absolute Gasteiger partial charge is 0.337 e. The molecule has 1 atom stereocenters. The number of hydrogen-bond acceptors (Lipinski definition) is 5. The first-order valence-corrected chi connectivity index (χ1v) is 7.16. The van der Waals surface area contributed by atoms with Crippen LogP contribution in [0, 0.1) is 0 Å². The number of nitrogens with zero attached hydrogens (tertiary/aromatic N) is 4. The molecule has 1 saturated heterocycles. The molecule has 1 amide bonds. The normalized spacial score (nSPS) is 19.4. The summed E-state index contributed by atoms with van der Waals surface area (Å²) in [6.45, 7) is 1.55. The van der Waals surface area contributed by atoms with Crippen LogP contribution < -0.4 is 0 Å². The van der Waals surface area contributed by atoms with Crippen molar-refractivity contribution >= 4 is 17.2 Å². The summed E-state index contributed by atoms with van der Waals surface area (Å²) in [6.07, 6.45) is 7.05. The zero-order valence-corrected chi connectivity index (χ0v) is 11.2. The molecule has 98 valence electrons. The molecule has 6 heteroatoms. The lowest BCUT2D eigenvalue weighted by atomic mass is 9.94. The van der Waals surface area contributed by atoms with Crippen LogP contribution in [0.25, 0.3) is 0 Å². The fourth-order valence-electron chi connectivity index (χ4n) is 2.42. The number of aromatic nitrogens is 3. The fraction of sp³-hybridized carbons (Fsp3) is 0.385. The van der Waals surface area contributed by atoms with Gasteiger partial charge in [-0.3, -0.25) is 9.78 Å². The van der Waals surface area contributed by atoms with Gasteiger partial charge >= 0.3 is 0 Å². The number of likely N-dealkylation sites (tertiary alicyclic amines) is 1. The van der Waals surface area contributed by atoms with Crippen molar-refractivity contribution in [2.75, 3.05) is 13.1 Å². The molecule has 0 N–H and O–H groups in total. The summed E-state index contributed by atoms with van der Waals surface area (Å²) in [6, 6.07) is 1.94. The predicted octanol–water partition coefficient (Wildman–Crippen LogP) is 1.95. The highest BCUT2D eigenvalue weighted by molar-refractivity contribution is 7.11. The Morgan fingerprint density at radius 3 is 3.11 bits per heavy atom. The third-order valence-corrected chi connectivity index (χ3v) is 4.14. The van der Waals surface area contributed by atoms with Crippen molar-refractivity contribution in [2.45, 2.75) is 18.8 Å². The number of amides is 1. The molecule has 1 fully saturated rings. The van der Waals surface area contributed by atoms with E-state index in [0.29, 0.717) is 10.8 Å². The van der Waals surface area contributed by atoms with Gasteiger partial charge in [0.1, 0.15) is 11.2 Å². The Bertz CT molecular complexity index is 543. The van der Waals surface area contributed by atoms with Crippen molar-refractivity contribution in [1.29, 1.82) is 0 Å². The van der Waals surface area contributed by atoms with Crippen LogP contribution >= 0.6 is 11.3 Å². The summed E-state index contributed by atoms with van der Waals surface area (Å²) in [5, 5.41) is 0. The van der Waals surface area contributed by atoms with Gasteiger partial charge < -0.3 is 4.90 Å². The van der Waals surface area contributed by atoms with Crippen LogP contribution in [-0.2, 0) is 0 Å². The van der Waals surface area contributed by atoms with Gasteiger partial charge in [-0.25, -0.2) is 9.97 Å². The number of piperidine rings is 1. The summed E-state index contributed by atoms with van der Waals surface area (Å²) < 4.78 is 0. The lowest BCUT2D eigenvalue weighted by Gasteiger charge is -2.32. The first-order chi connectivity index (χ1) is 9.34. The average Bonchev–Trinajstić information content (AvgIpc) is 3.02. The summed E-state index contributed by atoms with van der Waals surface area (Å²) in [4.78, 5) is 27.1. The molecule has 0 aliphatic carbocycles. The molecule has 19 heavy (non-hydrogen) atoms. The van der Waals surface area contributed by atoms with Crippen molar-refractivity contribution < 1.29 is 4.79 Å². The molecule has 0 radical (unpaired) electrons. The second-order valence-corrected chi connectivity index (χ2v) is 5.48. The van der Waals surface area contributed by atoms with E-state index in [1.54, 1.807) is 24.2 Å². The van der Waals surface area contributed by atoms with Crippen LogP contribution in [0.3, 0.4) is 0 Å². The SMILES string of the molecule is O=C(c1cncs1)N1CCC[C@@H](c2ccncn2)C1. The van der Waals surface area contributed by atoms with Crippen LogP contribution in [0.4, 0.5) is 0 Å². The molecule has 2 aromatic rings. The minimum Gasteiger partial charge on any atom is -0.337 e. The molecule has 0 bridgehead atoms. The standard InChI is InChI=1S/C13H14N4OS/c18-13(12-6-15-9-19-12)17-5-1-2-10(7-17)11-3-4-14-8-16-11/h3-4,6,8-10H,1-2,5,7H2/t10-/m1/s1. The van der Waals surface area contributed by atoms with Crippen LogP contribution in [0.1, 0.15) is 34.1 Å². The third kappa shape index (κ3) is 2.63. The number of carbonyl (C=O) groups excluding carboxylic acids is 1. The second-order valence-electron chi connectivity index (χ2n) is 4.59. The summed E-state index contributed by atoms with van der Waals surface area (Å²) >= 11 is 1.39. The quantitative estimate of drug-likeness (QED) is 0.840. The van der Waals surface area contributed by atoms with Gasteiger partial charge in [-0.1, -0.05) is 0 Å². The van der Waals surface area contributed by atoms with Gasteiger partial charge in [0, 0.05) is 30.9 Å². The Hall–Kier alpha value is -1.82. The molecular formula is C13H14N4OS. The highest BCUT2D eigenvalue weighted by atomic mass is 32.1. The zero-order chi connectivity index (χ0) is 13.1. The Morgan fingerprint density at radius 2 is 2.37 bits per heavy atom. The minimum absolute atomic E-state index is 0.0845. The van der Waals surface area contributed by atoms with Crippen molar-refractivity contribution in [2.24, 2.45) is 0 Å². The topological polar surface area (TPSA) is 59.0 Å². The third-order valence-electron chi connectivity index (χ3n) is 3.37. The van der Waals surface area contributed by atoms with Gasteiger partial charge in [0.05, 0.1) is 11.7 Å². The smallest absolute Gasteiger partial charge is 0.265 e. The van der Waals surface area contributed by atoms with Gasteiger partial charge in [-0.15, -0.1) is 11.3 Å². The first kappa shape index (κ1) is 12.2. The molecule has 0 saturated carbocycles. The van der Waals surface area contributed by atoms with Crippen LogP contribution in [0.15, 0.2) is 30.3 Å². The number of carbonyl (C=O) groups is 1. The van der Waals surface area contributed by atoms with Crippen LogP contribution in [-0.4, -0.2) is 38.8 Å². The average molecular weight is 274 g/mol. The van der Waals surface area contributed by atoms with E-state index in [9.17, 15) is 4.79 Å². The van der Waals surface area contributed by atoms with E-state index in [4.69, 9.17) is 0 Å². The highest BCUT2D eigenvalue weighted by Crippen LogP contribution is 2.26. The van der Waals surface area contributed by atoms with Gasteiger partial charge in [0.25, 0.3) is 5.91 Å². The maximum absolute atomic E-state index is 12.3. The molecule has 1 aliphatic heterocycles. The second kappa shape index (κ2) is 5.44. The van der Waals surface area contributed by atoms with E-state index in [1.165, 1.54) is 11.3 Å². The lowest BCUT2D eigenvalue weighted by Crippen LogP contribution is -2.39. The Kier molecular flexibility index (Phi) is 3.50.